The lowest BCUT2D eigenvalue weighted by Crippen LogP contribution is -2.25. The highest BCUT2D eigenvalue weighted by atomic mass is 35.5. The second-order valence-electron chi connectivity index (χ2n) is 6.78. The monoisotopic (exact) mass is 363 g/mol. The third kappa shape index (κ3) is 4.12. The Morgan fingerprint density at radius 1 is 0.808 bits per heavy atom. The maximum absolute atomic E-state index is 6.52. The molecule has 0 saturated carbocycles. The molecule has 3 nitrogen and oxygen atoms in total. The molecule has 4 rings (SSSR count). The van der Waals surface area contributed by atoms with Crippen molar-refractivity contribution in [2.45, 2.75) is 25.8 Å². The molecule has 0 unspecified atom stereocenters. The smallest absolute Gasteiger partial charge is 0.136 e. The Kier molecular flexibility index (Phi) is 5.28. The topological polar surface area (TPSA) is 29.0 Å². The molecule has 0 aliphatic carbocycles. The van der Waals surface area contributed by atoms with Crippen LogP contribution in [0.3, 0.4) is 0 Å². The van der Waals surface area contributed by atoms with Gasteiger partial charge in [-0.1, -0.05) is 72.3 Å². The molecule has 1 aliphatic rings. The van der Waals surface area contributed by atoms with Crippen LogP contribution in [0.2, 0.25) is 5.15 Å². The predicted molar refractivity (Wildman–Crippen MR) is 105 cm³/mol. The summed E-state index contributed by atoms with van der Waals surface area (Å²) in [4.78, 5) is 11.9. The molecule has 0 spiro atoms. The zero-order valence-corrected chi connectivity index (χ0v) is 15.5. The van der Waals surface area contributed by atoms with Gasteiger partial charge in [0.05, 0.1) is 5.69 Å². The van der Waals surface area contributed by atoms with Gasteiger partial charge >= 0.3 is 0 Å². The summed E-state index contributed by atoms with van der Waals surface area (Å²) in [7, 11) is 0. The van der Waals surface area contributed by atoms with Gasteiger partial charge in [-0.2, -0.15) is 0 Å². The van der Waals surface area contributed by atoms with Gasteiger partial charge in [0.15, 0.2) is 0 Å². The predicted octanol–water partition coefficient (Wildman–Crippen LogP) is 4.32. The molecule has 0 fully saturated rings. The minimum Gasteiger partial charge on any atom is -0.298 e. The second-order valence-corrected chi connectivity index (χ2v) is 7.14. The van der Waals surface area contributed by atoms with Gasteiger partial charge in [-0.15, -0.1) is 0 Å². The average molecular weight is 364 g/mol. The van der Waals surface area contributed by atoms with E-state index in [0.29, 0.717) is 5.15 Å². The number of benzene rings is 2. The fourth-order valence-corrected chi connectivity index (χ4v) is 3.81. The van der Waals surface area contributed by atoms with Crippen LogP contribution in [0.15, 0.2) is 60.7 Å². The summed E-state index contributed by atoms with van der Waals surface area (Å²) >= 11 is 6.52. The van der Waals surface area contributed by atoms with E-state index in [1.807, 2.05) is 18.2 Å². The zero-order valence-electron chi connectivity index (χ0n) is 14.7. The fourth-order valence-electron chi connectivity index (χ4n) is 3.51. The molecule has 3 aromatic rings. The highest BCUT2D eigenvalue weighted by Crippen LogP contribution is 2.23. The van der Waals surface area contributed by atoms with Crippen LogP contribution in [0.1, 0.15) is 28.2 Å². The number of rotatable bonds is 4. The fraction of sp³-hybridized carbons (Fsp3) is 0.273. The van der Waals surface area contributed by atoms with Crippen molar-refractivity contribution >= 4 is 11.6 Å². The maximum Gasteiger partial charge on any atom is 0.136 e. The quantitative estimate of drug-likeness (QED) is 0.646. The van der Waals surface area contributed by atoms with Crippen LogP contribution in [-0.4, -0.2) is 28.0 Å². The van der Waals surface area contributed by atoms with Crippen molar-refractivity contribution in [3.05, 3.63) is 94.0 Å². The van der Waals surface area contributed by atoms with Gasteiger partial charge in [0, 0.05) is 38.0 Å². The number of hydrogen-bond donors (Lipinski definition) is 0. The number of nitrogens with zero attached hydrogens (tertiary/aromatic N) is 3. The molecule has 132 valence electrons. The summed E-state index contributed by atoms with van der Waals surface area (Å²) < 4.78 is 0. The molecule has 2 heterocycles. The van der Waals surface area contributed by atoms with Gasteiger partial charge in [0.1, 0.15) is 11.0 Å². The minimum absolute atomic E-state index is 0.627. The third-order valence-corrected chi connectivity index (χ3v) is 5.20. The molecule has 0 atom stereocenters. The molecule has 0 radical (unpaired) electrons. The van der Waals surface area contributed by atoms with Crippen LogP contribution in [0.4, 0.5) is 0 Å². The van der Waals surface area contributed by atoms with Gasteiger partial charge in [0.2, 0.25) is 0 Å². The number of hydrogen-bond acceptors (Lipinski definition) is 3. The Balaban J connectivity index is 1.50. The van der Waals surface area contributed by atoms with Gasteiger partial charge in [-0.3, -0.25) is 4.90 Å². The molecule has 4 heteroatoms. The van der Waals surface area contributed by atoms with Crippen LogP contribution in [0.5, 0.6) is 0 Å². The molecule has 0 N–H and O–H groups in total. The highest BCUT2D eigenvalue weighted by molar-refractivity contribution is 6.30. The Labute approximate surface area is 159 Å². The molecule has 0 bridgehead atoms. The van der Waals surface area contributed by atoms with Gasteiger partial charge in [-0.05, 0) is 17.5 Å². The van der Waals surface area contributed by atoms with Crippen molar-refractivity contribution in [2.24, 2.45) is 0 Å². The highest BCUT2D eigenvalue weighted by Gasteiger charge is 2.19. The Morgan fingerprint density at radius 2 is 1.46 bits per heavy atom. The first kappa shape index (κ1) is 17.2. The van der Waals surface area contributed by atoms with Crippen molar-refractivity contribution in [3.63, 3.8) is 0 Å². The first-order valence-electron chi connectivity index (χ1n) is 9.12. The summed E-state index contributed by atoms with van der Waals surface area (Å²) in [6, 6.07) is 20.9. The van der Waals surface area contributed by atoms with Crippen molar-refractivity contribution < 1.29 is 0 Å². The van der Waals surface area contributed by atoms with E-state index in [9.17, 15) is 0 Å². The number of fused-ring (bicyclic) bond motifs is 1. The van der Waals surface area contributed by atoms with E-state index in [-0.39, 0.29) is 0 Å². The lowest BCUT2D eigenvalue weighted by Gasteiger charge is -2.19. The van der Waals surface area contributed by atoms with Crippen LogP contribution in [0, 0.1) is 0 Å². The molecular weight excluding hydrogens is 342 g/mol. The molecule has 1 aliphatic heterocycles. The summed E-state index contributed by atoms with van der Waals surface area (Å²) in [6.45, 7) is 2.96. The molecule has 0 amide bonds. The van der Waals surface area contributed by atoms with E-state index in [4.69, 9.17) is 16.6 Å². The first-order valence-corrected chi connectivity index (χ1v) is 9.50. The van der Waals surface area contributed by atoms with Crippen molar-refractivity contribution in [2.75, 3.05) is 13.1 Å². The Hall–Kier alpha value is -2.23. The Morgan fingerprint density at radius 3 is 2.19 bits per heavy atom. The lowest BCUT2D eigenvalue weighted by atomic mass is 10.1. The van der Waals surface area contributed by atoms with Crippen LogP contribution < -0.4 is 0 Å². The van der Waals surface area contributed by atoms with Crippen molar-refractivity contribution in [1.82, 2.24) is 14.9 Å². The molecule has 1 aromatic heterocycles. The minimum atomic E-state index is 0.627. The van der Waals surface area contributed by atoms with E-state index < -0.39 is 0 Å². The molecular formula is C22H22ClN3. The molecule has 0 saturated heterocycles. The second kappa shape index (κ2) is 7.98. The van der Waals surface area contributed by atoms with E-state index in [1.165, 1.54) is 11.1 Å². The summed E-state index contributed by atoms with van der Waals surface area (Å²) in [5.74, 6) is 0.816. The summed E-state index contributed by atoms with van der Waals surface area (Å²) in [6.07, 6.45) is 2.56. The average Bonchev–Trinajstić information content (AvgIpc) is 2.86. The number of halogens is 1. The zero-order chi connectivity index (χ0) is 17.8. The Bertz CT molecular complexity index is 865. The number of aromatic nitrogens is 2. The normalized spacial score (nSPS) is 14.7. The largest absolute Gasteiger partial charge is 0.298 e. The molecule has 26 heavy (non-hydrogen) atoms. The lowest BCUT2D eigenvalue weighted by molar-refractivity contribution is 0.279. The van der Waals surface area contributed by atoms with E-state index in [1.54, 1.807) is 0 Å². The van der Waals surface area contributed by atoms with Crippen LogP contribution in [-0.2, 0) is 25.8 Å². The first-order chi connectivity index (χ1) is 12.8. The summed E-state index contributed by atoms with van der Waals surface area (Å²) in [5.41, 5.74) is 4.80. The maximum atomic E-state index is 6.52. The van der Waals surface area contributed by atoms with Gasteiger partial charge in [-0.25, -0.2) is 9.97 Å². The van der Waals surface area contributed by atoms with Gasteiger partial charge in [0.25, 0.3) is 0 Å². The van der Waals surface area contributed by atoms with E-state index >= 15 is 0 Å². The third-order valence-electron chi connectivity index (χ3n) is 4.89. The van der Waals surface area contributed by atoms with Crippen molar-refractivity contribution in [3.8, 4) is 0 Å². The van der Waals surface area contributed by atoms with Crippen LogP contribution in [0.25, 0.3) is 0 Å². The summed E-state index contributed by atoms with van der Waals surface area (Å²) in [5, 5.41) is 0.627. The van der Waals surface area contributed by atoms with E-state index in [0.717, 1.165) is 56.0 Å². The van der Waals surface area contributed by atoms with E-state index in [2.05, 4.69) is 52.3 Å². The SMILES string of the molecule is Clc1nc(Cc2ccccc2)nc2c1CCN(Cc1ccccc1)CC2. The standard InChI is InChI=1S/C22H22ClN3/c23-22-19-11-13-26(16-18-9-5-2-6-10-18)14-12-20(19)24-21(25-22)15-17-7-3-1-4-8-17/h1-10H,11-16H2. The molecule has 2 aromatic carbocycles. The van der Waals surface area contributed by atoms with Crippen molar-refractivity contribution in [1.29, 1.82) is 0 Å². The van der Waals surface area contributed by atoms with Gasteiger partial charge < -0.3 is 0 Å². The van der Waals surface area contributed by atoms with Crippen LogP contribution >= 0.6 is 11.6 Å².